The van der Waals surface area contributed by atoms with E-state index in [1.165, 1.54) is 32.4 Å². The minimum absolute atomic E-state index is 0.420. The normalized spacial score (nSPS) is 25.5. The number of nitrogens with zero attached hydrogens (tertiary/aromatic N) is 1. The highest BCUT2D eigenvalue weighted by Crippen LogP contribution is 2.15. The first-order valence-electron chi connectivity index (χ1n) is 5.05. The Morgan fingerprint density at radius 3 is 2.75 bits per heavy atom. The van der Waals surface area contributed by atoms with Crippen molar-refractivity contribution in [1.82, 2.24) is 4.90 Å². The molecule has 1 unspecified atom stereocenters. The molecule has 12 heavy (non-hydrogen) atoms. The van der Waals surface area contributed by atoms with Crippen LogP contribution in [0.15, 0.2) is 0 Å². The molecule has 0 N–H and O–H groups in total. The Morgan fingerprint density at radius 1 is 1.50 bits per heavy atom. The third-order valence-corrected chi connectivity index (χ3v) is 2.83. The number of alkyl halides is 1. The Hall–Kier alpha value is 0.250. The first kappa shape index (κ1) is 10.3. The Bertz CT molecular complexity index is 125. The van der Waals surface area contributed by atoms with Crippen LogP contribution in [-0.4, -0.2) is 29.9 Å². The monoisotopic (exact) mass is 189 g/mol. The molecule has 1 nitrogen and oxygen atoms in total. The topological polar surface area (TPSA) is 3.24 Å². The van der Waals surface area contributed by atoms with Gasteiger partial charge in [-0.3, -0.25) is 0 Å². The van der Waals surface area contributed by atoms with Gasteiger partial charge in [0.1, 0.15) is 0 Å². The molecule has 1 fully saturated rings. The smallest absolute Gasteiger partial charge is 0.0475 e. The largest absolute Gasteiger partial charge is 0.302 e. The van der Waals surface area contributed by atoms with Gasteiger partial charge in [0.05, 0.1) is 0 Å². The van der Waals surface area contributed by atoms with Crippen molar-refractivity contribution in [3.63, 3.8) is 0 Å². The second-order valence-electron chi connectivity index (χ2n) is 4.22. The fraction of sp³-hybridized carbons (Fsp3) is 1.00. The van der Waals surface area contributed by atoms with E-state index >= 15 is 0 Å². The average molecular weight is 190 g/mol. The van der Waals surface area contributed by atoms with Gasteiger partial charge in [0.15, 0.2) is 0 Å². The highest BCUT2D eigenvalue weighted by Gasteiger charge is 2.19. The van der Waals surface area contributed by atoms with Gasteiger partial charge in [0.2, 0.25) is 0 Å². The van der Waals surface area contributed by atoms with Gasteiger partial charge in [0, 0.05) is 11.9 Å². The van der Waals surface area contributed by atoms with Gasteiger partial charge >= 0.3 is 0 Å². The SMILES string of the molecule is CC(C)CCCN1CCC(Cl)C1. The summed E-state index contributed by atoms with van der Waals surface area (Å²) < 4.78 is 0. The predicted molar refractivity (Wildman–Crippen MR) is 54.8 cm³/mol. The lowest BCUT2D eigenvalue weighted by Crippen LogP contribution is -2.22. The third-order valence-electron chi connectivity index (χ3n) is 2.47. The van der Waals surface area contributed by atoms with Gasteiger partial charge in [-0.1, -0.05) is 13.8 Å². The molecule has 0 aliphatic carbocycles. The van der Waals surface area contributed by atoms with Crippen LogP contribution in [0, 0.1) is 5.92 Å². The maximum Gasteiger partial charge on any atom is 0.0475 e. The highest BCUT2D eigenvalue weighted by atomic mass is 35.5. The van der Waals surface area contributed by atoms with Crippen LogP contribution < -0.4 is 0 Å². The van der Waals surface area contributed by atoms with E-state index in [1.54, 1.807) is 0 Å². The molecular formula is C10H20ClN. The van der Waals surface area contributed by atoms with Crippen molar-refractivity contribution < 1.29 is 0 Å². The number of hydrogen-bond acceptors (Lipinski definition) is 1. The lowest BCUT2D eigenvalue weighted by Gasteiger charge is -2.14. The van der Waals surface area contributed by atoms with E-state index in [0.29, 0.717) is 5.38 Å². The summed E-state index contributed by atoms with van der Waals surface area (Å²) in [6, 6.07) is 0. The van der Waals surface area contributed by atoms with Crippen LogP contribution in [0.4, 0.5) is 0 Å². The summed E-state index contributed by atoms with van der Waals surface area (Å²) in [7, 11) is 0. The van der Waals surface area contributed by atoms with Crippen LogP contribution in [0.2, 0.25) is 0 Å². The molecule has 2 heteroatoms. The quantitative estimate of drug-likeness (QED) is 0.615. The summed E-state index contributed by atoms with van der Waals surface area (Å²) in [5.41, 5.74) is 0. The van der Waals surface area contributed by atoms with Crippen molar-refractivity contribution in [2.45, 2.75) is 38.5 Å². The molecule has 72 valence electrons. The van der Waals surface area contributed by atoms with Crippen LogP contribution in [0.1, 0.15) is 33.1 Å². The van der Waals surface area contributed by atoms with E-state index in [-0.39, 0.29) is 0 Å². The molecule has 0 aromatic rings. The molecule has 0 spiro atoms. The zero-order valence-electron chi connectivity index (χ0n) is 8.22. The Balaban J connectivity index is 2.00. The Kier molecular flexibility index (Phi) is 4.38. The second kappa shape index (κ2) is 5.08. The van der Waals surface area contributed by atoms with Crippen LogP contribution in [-0.2, 0) is 0 Å². The summed E-state index contributed by atoms with van der Waals surface area (Å²) in [6.07, 6.45) is 3.87. The fourth-order valence-corrected chi connectivity index (χ4v) is 2.00. The van der Waals surface area contributed by atoms with Crippen molar-refractivity contribution in [2.24, 2.45) is 5.92 Å². The van der Waals surface area contributed by atoms with E-state index in [0.717, 1.165) is 12.5 Å². The van der Waals surface area contributed by atoms with Crippen LogP contribution in [0.3, 0.4) is 0 Å². The van der Waals surface area contributed by atoms with Gasteiger partial charge in [-0.05, 0) is 38.3 Å². The molecule has 0 saturated carbocycles. The molecular weight excluding hydrogens is 170 g/mol. The number of likely N-dealkylation sites (tertiary alicyclic amines) is 1. The second-order valence-corrected chi connectivity index (χ2v) is 4.84. The molecule has 1 heterocycles. The first-order chi connectivity index (χ1) is 5.68. The van der Waals surface area contributed by atoms with Crippen LogP contribution in [0.5, 0.6) is 0 Å². The lowest BCUT2D eigenvalue weighted by atomic mass is 10.1. The first-order valence-corrected chi connectivity index (χ1v) is 5.48. The number of hydrogen-bond donors (Lipinski definition) is 0. The molecule has 0 amide bonds. The van der Waals surface area contributed by atoms with Gasteiger partial charge in [0.25, 0.3) is 0 Å². The molecule has 1 aliphatic heterocycles. The Labute approximate surface area is 81.1 Å². The molecule has 1 rings (SSSR count). The molecule has 0 aromatic heterocycles. The van der Waals surface area contributed by atoms with Crippen molar-refractivity contribution >= 4 is 11.6 Å². The maximum absolute atomic E-state index is 6.01. The molecule has 1 saturated heterocycles. The summed E-state index contributed by atoms with van der Waals surface area (Å²) in [5.74, 6) is 0.847. The molecule has 1 atom stereocenters. The fourth-order valence-electron chi connectivity index (χ4n) is 1.71. The summed E-state index contributed by atoms with van der Waals surface area (Å²) in [6.45, 7) is 8.15. The van der Waals surface area contributed by atoms with E-state index < -0.39 is 0 Å². The van der Waals surface area contributed by atoms with Crippen LogP contribution >= 0.6 is 11.6 Å². The van der Waals surface area contributed by atoms with Gasteiger partial charge in [-0.15, -0.1) is 11.6 Å². The summed E-state index contributed by atoms with van der Waals surface area (Å²) in [5, 5.41) is 0.420. The van der Waals surface area contributed by atoms with E-state index in [4.69, 9.17) is 11.6 Å². The van der Waals surface area contributed by atoms with Gasteiger partial charge in [-0.2, -0.15) is 0 Å². The van der Waals surface area contributed by atoms with Gasteiger partial charge < -0.3 is 4.90 Å². The molecule has 1 aliphatic rings. The van der Waals surface area contributed by atoms with Crippen molar-refractivity contribution in [3.8, 4) is 0 Å². The minimum atomic E-state index is 0.420. The lowest BCUT2D eigenvalue weighted by molar-refractivity contribution is 0.321. The van der Waals surface area contributed by atoms with E-state index in [1.807, 2.05) is 0 Å². The standard InChI is InChI=1S/C10H20ClN/c1-9(2)4-3-6-12-7-5-10(11)8-12/h9-10H,3-8H2,1-2H3. The third kappa shape index (κ3) is 3.77. The zero-order valence-corrected chi connectivity index (χ0v) is 8.98. The molecule has 0 bridgehead atoms. The number of halogens is 1. The maximum atomic E-state index is 6.01. The average Bonchev–Trinajstić information content (AvgIpc) is 2.35. The summed E-state index contributed by atoms with van der Waals surface area (Å²) >= 11 is 6.01. The zero-order chi connectivity index (χ0) is 8.97. The summed E-state index contributed by atoms with van der Waals surface area (Å²) in [4.78, 5) is 2.49. The number of rotatable bonds is 4. The van der Waals surface area contributed by atoms with E-state index in [9.17, 15) is 0 Å². The van der Waals surface area contributed by atoms with Crippen molar-refractivity contribution in [3.05, 3.63) is 0 Å². The highest BCUT2D eigenvalue weighted by molar-refractivity contribution is 6.20. The minimum Gasteiger partial charge on any atom is -0.302 e. The molecule has 0 radical (unpaired) electrons. The van der Waals surface area contributed by atoms with Crippen molar-refractivity contribution in [1.29, 1.82) is 0 Å². The Morgan fingerprint density at radius 2 is 2.25 bits per heavy atom. The molecule has 0 aromatic carbocycles. The predicted octanol–water partition coefficient (Wildman–Crippen LogP) is 2.74. The van der Waals surface area contributed by atoms with Gasteiger partial charge in [-0.25, -0.2) is 0 Å². The van der Waals surface area contributed by atoms with Crippen molar-refractivity contribution in [2.75, 3.05) is 19.6 Å². The van der Waals surface area contributed by atoms with E-state index in [2.05, 4.69) is 18.7 Å². The van der Waals surface area contributed by atoms with Crippen LogP contribution in [0.25, 0.3) is 0 Å².